The number of piperidine rings is 1. The van der Waals surface area contributed by atoms with Gasteiger partial charge in [-0.05, 0) is 46.7 Å². The summed E-state index contributed by atoms with van der Waals surface area (Å²) in [5.41, 5.74) is 0.273. The Morgan fingerprint density at radius 2 is 1.50 bits per heavy atom. The lowest BCUT2D eigenvalue weighted by atomic mass is 9.98. The van der Waals surface area contributed by atoms with Gasteiger partial charge in [0.05, 0.1) is 0 Å². The third kappa shape index (κ3) is 4.28. The standard InChI is InChI=1S/C11H21N.C2H6/c1-4-8-11(2,3)12-9-6-5-7-10-12;1-2/h4,8H,5-7,9-10H2,1-3H3;1-2H3. The molecule has 14 heavy (non-hydrogen) atoms. The minimum absolute atomic E-state index is 0.273. The van der Waals surface area contributed by atoms with Gasteiger partial charge >= 0.3 is 0 Å². The van der Waals surface area contributed by atoms with Crippen LogP contribution in [0.15, 0.2) is 12.2 Å². The smallest absolute Gasteiger partial charge is 0.0334 e. The van der Waals surface area contributed by atoms with Gasteiger partial charge in [-0.2, -0.15) is 0 Å². The monoisotopic (exact) mass is 197 g/mol. The molecule has 1 fully saturated rings. The molecule has 0 N–H and O–H groups in total. The van der Waals surface area contributed by atoms with E-state index in [0.29, 0.717) is 0 Å². The maximum absolute atomic E-state index is 2.58. The van der Waals surface area contributed by atoms with Crippen molar-refractivity contribution < 1.29 is 0 Å². The molecular weight excluding hydrogens is 170 g/mol. The number of rotatable bonds is 2. The van der Waals surface area contributed by atoms with Crippen LogP contribution < -0.4 is 0 Å². The van der Waals surface area contributed by atoms with E-state index in [4.69, 9.17) is 0 Å². The molecule has 0 aliphatic carbocycles. The summed E-state index contributed by atoms with van der Waals surface area (Å²) in [5, 5.41) is 0. The molecule has 1 aliphatic heterocycles. The summed E-state index contributed by atoms with van der Waals surface area (Å²) in [4.78, 5) is 2.58. The molecule has 1 aliphatic rings. The Labute approximate surface area is 90.2 Å². The van der Waals surface area contributed by atoms with Crippen molar-refractivity contribution in [3.63, 3.8) is 0 Å². The van der Waals surface area contributed by atoms with Crippen LogP contribution in [0.2, 0.25) is 0 Å². The Balaban J connectivity index is 0.000000791. The van der Waals surface area contributed by atoms with Gasteiger partial charge in [-0.3, -0.25) is 4.90 Å². The van der Waals surface area contributed by atoms with E-state index in [0.717, 1.165) is 0 Å². The van der Waals surface area contributed by atoms with Gasteiger partial charge in [0.25, 0.3) is 0 Å². The highest BCUT2D eigenvalue weighted by atomic mass is 15.2. The van der Waals surface area contributed by atoms with Gasteiger partial charge in [-0.15, -0.1) is 0 Å². The van der Waals surface area contributed by atoms with Crippen molar-refractivity contribution in [3.8, 4) is 0 Å². The van der Waals surface area contributed by atoms with E-state index in [1.54, 1.807) is 0 Å². The van der Waals surface area contributed by atoms with Crippen molar-refractivity contribution in [2.45, 2.75) is 59.4 Å². The number of allylic oxidation sites excluding steroid dienone is 1. The fourth-order valence-electron chi connectivity index (χ4n) is 1.98. The van der Waals surface area contributed by atoms with Crippen molar-refractivity contribution in [2.75, 3.05) is 13.1 Å². The molecule has 0 aromatic heterocycles. The number of hydrogen-bond acceptors (Lipinski definition) is 1. The van der Waals surface area contributed by atoms with Gasteiger partial charge in [-0.1, -0.05) is 32.4 Å². The molecule has 0 aromatic carbocycles. The Morgan fingerprint density at radius 1 is 1.00 bits per heavy atom. The van der Waals surface area contributed by atoms with Crippen molar-refractivity contribution in [1.29, 1.82) is 0 Å². The molecule has 0 aromatic rings. The lowest BCUT2D eigenvalue weighted by Gasteiger charge is -2.39. The van der Waals surface area contributed by atoms with E-state index in [-0.39, 0.29) is 5.54 Å². The maximum atomic E-state index is 2.58. The van der Waals surface area contributed by atoms with Gasteiger partial charge in [0, 0.05) is 5.54 Å². The quantitative estimate of drug-likeness (QED) is 0.608. The topological polar surface area (TPSA) is 3.24 Å². The third-order valence-corrected chi connectivity index (χ3v) is 2.75. The highest BCUT2D eigenvalue weighted by molar-refractivity contribution is 5.01. The average molecular weight is 197 g/mol. The van der Waals surface area contributed by atoms with Crippen LogP contribution in [0.25, 0.3) is 0 Å². The summed E-state index contributed by atoms with van der Waals surface area (Å²) in [7, 11) is 0. The minimum atomic E-state index is 0.273. The SMILES string of the molecule is CC.CC=CC(C)(C)N1CCCCC1. The van der Waals surface area contributed by atoms with Crippen LogP contribution in [-0.4, -0.2) is 23.5 Å². The molecule has 1 heterocycles. The largest absolute Gasteiger partial charge is 0.295 e. The summed E-state index contributed by atoms with van der Waals surface area (Å²) >= 11 is 0. The molecule has 1 nitrogen and oxygen atoms in total. The fraction of sp³-hybridized carbons (Fsp3) is 0.846. The molecule has 1 saturated heterocycles. The molecule has 0 spiro atoms. The van der Waals surface area contributed by atoms with Gasteiger partial charge < -0.3 is 0 Å². The average Bonchev–Trinajstić information content (AvgIpc) is 2.22. The zero-order chi connectivity index (χ0) is 11.0. The molecule has 84 valence electrons. The first-order chi connectivity index (χ1) is 6.67. The van der Waals surface area contributed by atoms with Crippen LogP contribution in [0.4, 0.5) is 0 Å². The Kier molecular flexibility index (Phi) is 6.90. The zero-order valence-electron chi connectivity index (χ0n) is 10.6. The molecule has 0 unspecified atom stereocenters. The van der Waals surface area contributed by atoms with Crippen LogP contribution in [0.3, 0.4) is 0 Å². The second-order valence-electron chi connectivity index (χ2n) is 4.20. The van der Waals surface area contributed by atoms with E-state index in [2.05, 4.69) is 37.8 Å². The van der Waals surface area contributed by atoms with Gasteiger partial charge in [-0.25, -0.2) is 0 Å². The predicted octanol–water partition coefficient (Wildman–Crippen LogP) is 3.85. The van der Waals surface area contributed by atoms with E-state index in [1.807, 2.05) is 13.8 Å². The molecule has 0 bridgehead atoms. The Morgan fingerprint density at radius 3 is 1.93 bits per heavy atom. The van der Waals surface area contributed by atoms with Crippen molar-refractivity contribution in [1.82, 2.24) is 4.90 Å². The molecule has 0 saturated carbocycles. The molecule has 0 atom stereocenters. The first-order valence-corrected chi connectivity index (χ1v) is 6.06. The Hall–Kier alpha value is -0.300. The normalized spacial score (nSPS) is 19.2. The van der Waals surface area contributed by atoms with Crippen molar-refractivity contribution in [3.05, 3.63) is 12.2 Å². The van der Waals surface area contributed by atoms with Crippen molar-refractivity contribution in [2.24, 2.45) is 0 Å². The van der Waals surface area contributed by atoms with Crippen LogP contribution >= 0.6 is 0 Å². The van der Waals surface area contributed by atoms with Crippen LogP contribution in [-0.2, 0) is 0 Å². The summed E-state index contributed by atoms with van der Waals surface area (Å²) in [5.74, 6) is 0. The van der Waals surface area contributed by atoms with Crippen LogP contribution in [0.5, 0.6) is 0 Å². The van der Waals surface area contributed by atoms with Crippen molar-refractivity contribution >= 4 is 0 Å². The molecule has 0 amide bonds. The Bertz CT molecular complexity index is 153. The van der Waals surface area contributed by atoms with Crippen LogP contribution in [0, 0.1) is 0 Å². The first-order valence-electron chi connectivity index (χ1n) is 6.06. The fourth-order valence-corrected chi connectivity index (χ4v) is 1.98. The van der Waals surface area contributed by atoms with Gasteiger partial charge in [0.1, 0.15) is 0 Å². The third-order valence-electron chi connectivity index (χ3n) is 2.75. The summed E-state index contributed by atoms with van der Waals surface area (Å²) in [6.45, 7) is 13.3. The van der Waals surface area contributed by atoms with Gasteiger partial charge in [0.2, 0.25) is 0 Å². The molecular formula is C13H27N. The summed E-state index contributed by atoms with van der Waals surface area (Å²) in [6, 6.07) is 0. The number of hydrogen-bond donors (Lipinski definition) is 0. The van der Waals surface area contributed by atoms with E-state index in [9.17, 15) is 0 Å². The highest BCUT2D eigenvalue weighted by Gasteiger charge is 2.24. The van der Waals surface area contributed by atoms with Crippen LogP contribution in [0.1, 0.15) is 53.9 Å². The number of likely N-dealkylation sites (tertiary alicyclic amines) is 1. The molecule has 1 rings (SSSR count). The lowest BCUT2D eigenvalue weighted by Crippen LogP contribution is -2.45. The van der Waals surface area contributed by atoms with E-state index >= 15 is 0 Å². The highest BCUT2D eigenvalue weighted by Crippen LogP contribution is 2.21. The maximum Gasteiger partial charge on any atom is 0.0334 e. The zero-order valence-corrected chi connectivity index (χ0v) is 10.6. The first kappa shape index (κ1) is 13.7. The van der Waals surface area contributed by atoms with E-state index < -0.39 is 0 Å². The summed E-state index contributed by atoms with van der Waals surface area (Å²) in [6.07, 6.45) is 8.64. The lowest BCUT2D eigenvalue weighted by molar-refractivity contribution is 0.132. The van der Waals surface area contributed by atoms with Gasteiger partial charge in [0.15, 0.2) is 0 Å². The molecule has 1 heteroatoms. The minimum Gasteiger partial charge on any atom is -0.295 e. The summed E-state index contributed by atoms with van der Waals surface area (Å²) < 4.78 is 0. The number of nitrogens with zero attached hydrogens (tertiary/aromatic N) is 1. The molecule has 0 radical (unpaired) electrons. The second kappa shape index (κ2) is 7.05. The second-order valence-corrected chi connectivity index (χ2v) is 4.20. The van der Waals surface area contributed by atoms with E-state index in [1.165, 1.54) is 32.4 Å². The predicted molar refractivity (Wildman–Crippen MR) is 65.7 cm³/mol.